The summed E-state index contributed by atoms with van der Waals surface area (Å²) in [7, 11) is 1.45. The van der Waals surface area contributed by atoms with E-state index in [1.165, 1.54) is 7.11 Å². The fraction of sp³-hybridized carbons (Fsp3) is 0.179. The SMILES string of the molecule is C=C(C)C(=O)OCOC.C=C(C)C(=O)OCOc1ccc(C(=O)Oc2ccc3c(c2)C(C)c2cc(OC(=O)c4ccccc4)ccc2-3)cc1. The lowest BCUT2D eigenvalue weighted by molar-refractivity contribution is -0.149. The minimum absolute atomic E-state index is 0.00824. The third-order valence-corrected chi connectivity index (χ3v) is 7.21. The van der Waals surface area contributed by atoms with E-state index in [4.69, 9.17) is 18.9 Å². The zero-order valence-electron chi connectivity index (χ0n) is 27.6. The Balaban J connectivity index is 0.000000529. The lowest BCUT2D eigenvalue weighted by Gasteiger charge is -2.10. The normalized spacial score (nSPS) is 12.2. The van der Waals surface area contributed by atoms with Gasteiger partial charge in [-0.2, -0.15) is 0 Å². The Bertz CT molecular complexity index is 1860. The topological polar surface area (TPSA) is 124 Å². The van der Waals surface area contributed by atoms with E-state index in [0.717, 1.165) is 22.3 Å². The standard InChI is InChI=1S/C33H26O7.C6H10O3/c1-20(2)31(34)38-19-37-24-11-9-23(10-12-24)33(36)40-26-14-16-28-27-15-13-25(17-29(27)21(3)30(28)18-26)39-32(35)22-7-5-4-6-8-22;1-5(2)6(7)9-4-8-3/h4-18,21H,1,19H2,2-3H3;1,4H2,2-3H3. The molecule has 1 atom stereocenters. The van der Waals surface area contributed by atoms with Crippen molar-refractivity contribution in [2.75, 3.05) is 20.7 Å². The van der Waals surface area contributed by atoms with Crippen LogP contribution in [-0.4, -0.2) is 44.6 Å². The van der Waals surface area contributed by atoms with Crippen molar-refractivity contribution < 1.29 is 47.6 Å². The molecule has 0 heterocycles. The maximum atomic E-state index is 12.8. The molecule has 10 nitrogen and oxygen atoms in total. The van der Waals surface area contributed by atoms with Crippen molar-refractivity contribution in [2.45, 2.75) is 26.7 Å². The summed E-state index contributed by atoms with van der Waals surface area (Å²) in [5, 5.41) is 0. The number of methoxy groups -OCH3 is 1. The number of hydrogen-bond acceptors (Lipinski definition) is 10. The number of rotatable bonds is 11. The van der Waals surface area contributed by atoms with Gasteiger partial charge in [-0.25, -0.2) is 19.2 Å². The van der Waals surface area contributed by atoms with Gasteiger partial charge in [0, 0.05) is 24.2 Å². The van der Waals surface area contributed by atoms with Crippen LogP contribution < -0.4 is 14.2 Å². The van der Waals surface area contributed by atoms with E-state index < -0.39 is 23.9 Å². The van der Waals surface area contributed by atoms with Gasteiger partial charge in [-0.3, -0.25) is 0 Å². The fourth-order valence-corrected chi connectivity index (χ4v) is 4.69. The van der Waals surface area contributed by atoms with Crippen molar-refractivity contribution in [1.29, 1.82) is 0 Å². The molecule has 0 fully saturated rings. The van der Waals surface area contributed by atoms with Crippen LogP contribution in [0, 0.1) is 0 Å². The average molecular weight is 665 g/mol. The molecule has 4 aromatic carbocycles. The van der Waals surface area contributed by atoms with Gasteiger partial charge >= 0.3 is 23.9 Å². The molecule has 1 aliphatic rings. The molecule has 4 aromatic rings. The van der Waals surface area contributed by atoms with Crippen molar-refractivity contribution in [1.82, 2.24) is 0 Å². The molecule has 0 bridgehead atoms. The van der Waals surface area contributed by atoms with E-state index >= 15 is 0 Å². The Morgan fingerprint density at radius 3 is 1.53 bits per heavy atom. The van der Waals surface area contributed by atoms with Gasteiger partial charge in [-0.1, -0.05) is 50.4 Å². The quantitative estimate of drug-likeness (QED) is 0.0692. The maximum absolute atomic E-state index is 12.8. The summed E-state index contributed by atoms with van der Waals surface area (Å²) >= 11 is 0. The molecule has 0 aromatic heterocycles. The number of hydrogen-bond donors (Lipinski definition) is 0. The third-order valence-electron chi connectivity index (χ3n) is 7.21. The highest BCUT2D eigenvalue weighted by Crippen LogP contribution is 2.47. The number of benzene rings is 4. The first-order valence-electron chi connectivity index (χ1n) is 15.1. The Kier molecular flexibility index (Phi) is 12.2. The van der Waals surface area contributed by atoms with Gasteiger partial charge in [-0.05, 0) is 96.8 Å². The summed E-state index contributed by atoms with van der Waals surface area (Å²) in [6.07, 6.45) is 0. The summed E-state index contributed by atoms with van der Waals surface area (Å²) in [6.45, 7) is 11.8. The molecule has 1 aliphatic carbocycles. The monoisotopic (exact) mass is 664 g/mol. The summed E-state index contributed by atoms with van der Waals surface area (Å²) < 4.78 is 30.5. The lowest BCUT2D eigenvalue weighted by Crippen LogP contribution is -2.11. The molecule has 5 rings (SSSR count). The first-order chi connectivity index (χ1) is 23.5. The van der Waals surface area contributed by atoms with Gasteiger partial charge in [0.05, 0.1) is 11.1 Å². The van der Waals surface area contributed by atoms with E-state index in [1.807, 2.05) is 30.3 Å². The predicted molar refractivity (Wildman–Crippen MR) is 181 cm³/mol. The van der Waals surface area contributed by atoms with E-state index in [1.54, 1.807) is 74.5 Å². The molecule has 0 radical (unpaired) electrons. The summed E-state index contributed by atoms with van der Waals surface area (Å²) in [5.74, 6) is -0.553. The van der Waals surface area contributed by atoms with Crippen molar-refractivity contribution in [3.05, 3.63) is 138 Å². The largest absolute Gasteiger partial charge is 0.457 e. The highest BCUT2D eigenvalue weighted by Gasteiger charge is 2.27. The van der Waals surface area contributed by atoms with Gasteiger partial charge < -0.3 is 28.4 Å². The molecule has 49 heavy (non-hydrogen) atoms. The molecule has 0 spiro atoms. The van der Waals surface area contributed by atoms with Crippen LogP contribution in [0.4, 0.5) is 0 Å². The first kappa shape index (κ1) is 35.8. The molecule has 0 N–H and O–H groups in total. The molecule has 0 aliphatic heterocycles. The zero-order chi connectivity index (χ0) is 35.5. The Morgan fingerprint density at radius 1 is 0.612 bits per heavy atom. The first-order valence-corrected chi connectivity index (χ1v) is 15.1. The van der Waals surface area contributed by atoms with Gasteiger partial charge in [0.1, 0.15) is 17.2 Å². The smallest absolute Gasteiger partial charge is 0.343 e. The van der Waals surface area contributed by atoms with Crippen LogP contribution in [0.2, 0.25) is 0 Å². The van der Waals surface area contributed by atoms with E-state index in [-0.39, 0.29) is 25.1 Å². The third kappa shape index (κ3) is 9.52. The van der Waals surface area contributed by atoms with Crippen LogP contribution in [0.15, 0.2) is 115 Å². The number of esters is 4. The second-order valence-electron chi connectivity index (χ2n) is 11.0. The van der Waals surface area contributed by atoms with Crippen LogP contribution in [0.5, 0.6) is 17.2 Å². The van der Waals surface area contributed by atoms with Crippen molar-refractivity contribution in [2.24, 2.45) is 0 Å². The van der Waals surface area contributed by atoms with Crippen molar-refractivity contribution in [3.63, 3.8) is 0 Å². The number of carbonyl (C=O) groups is 4. The minimum Gasteiger partial charge on any atom is -0.457 e. The minimum atomic E-state index is -0.543. The number of ether oxygens (including phenoxy) is 6. The Morgan fingerprint density at radius 2 is 1.06 bits per heavy atom. The Hall–Kier alpha value is -6.00. The molecule has 252 valence electrons. The predicted octanol–water partition coefficient (Wildman–Crippen LogP) is 7.42. The summed E-state index contributed by atoms with van der Waals surface area (Å²) in [6, 6.07) is 26.3. The van der Waals surface area contributed by atoms with Gasteiger partial charge in [0.2, 0.25) is 6.79 Å². The van der Waals surface area contributed by atoms with E-state index in [9.17, 15) is 19.2 Å². The molecule has 10 heteroatoms. The summed E-state index contributed by atoms with van der Waals surface area (Å²) in [4.78, 5) is 47.2. The van der Waals surface area contributed by atoms with Crippen LogP contribution in [0.25, 0.3) is 11.1 Å². The van der Waals surface area contributed by atoms with Crippen LogP contribution in [0.1, 0.15) is 58.5 Å². The van der Waals surface area contributed by atoms with E-state index in [0.29, 0.717) is 33.9 Å². The second kappa shape index (κ2) is 16.7. The highest BCUT2D eigenvalue weighted by atomic mass is 16.7. The van der Waals surface area contributed by atoms with Crippen LogP contribution >= 0.6 is 0 Å². The van der Waals surface area contributed by atoms with Gasteiger partial charge in [0.15, 0.2) is 6.79 Å². The molecule has 0 amide bonds. The average Bonchev–Trinajstić information content (AvgIpc) is 3.37. The summed E-state index contributed by atoms with van der Waals surface area (Å²) in [5.41, 5.74) is 5.61. The highest BCUT2D eigenvalue weighted by molar-refractivity contribution is 5.92. The second-order valence-corrected chi connectivity index (χ2v) is 11.0. The van der Waals surface area contributed by atoms with Crippen LogP contribution in [-0.2, 0) is 23.8 Å². The molecular weight excluding hydrogens is 628 g/mol. The Labute approximate surface area is 284 Å². The molecule has 0 saturated carbocycles. The van der Waals surface area contributed by atoms with Gasteiger partial charge in [-0.15, -0.1) is 0 Å². The zero-order valence-corrected chi connectivity index (χ0v) is 27.6. The lowest BCUT2D eigenvalue weighted by atomic mass is 9.99. The van der Waals surface area contributed by atoms with Gasteiger partial charge in [0.25, 0.3) is 0 Å². The van der Waals surface area contributed by atoms with Crippen molar-refractivity contribution in [3.8, 4) is 28.4 Å². The molecule has 0 saturated heterocycles. The number of carbonyl (C=O) groups excluding carboxylic acids is 4. The van der Waals surface area contributed by atoms with Crippen LogP contribution in [0.3, 0.4) is 0 Å². The fourth-order valence-electron chi connectivity index (χ4n) is 4.69. The molecular formula is C39H36O10. The van der Waals surface area contributed by atoms with E-state index in [2.05, 4.69) is 29.6 Å². The maximum Gasteiger partial charge on any atom is 0.343 e. The van der Waals surface area contributed by atoms with Crippen molar-refractivity contribution >= 4 is 23.9 Å². The molecule has 1 unspecified atom stereocenters. The number of fused-ring (bicyclic) bond motifs is 3.